The van der Waals surface area contributed by atoms with Gasteiger partial charge >= 0.3 is 6.16 Å². The first-order valence-corrected chi connectivity index (χ1v) is 9.00. The third kappa shape index (κ3) is 6.68. The van der Waals surface area contributed by atoms with Gasteiger partial charge in [0.1, 0.15) is 6.61 Å². The maximum Gasteiger partial charge on any atom is 0.533 e. The third-order valence-corrected chi connectivity index (χ3v) is 4.83. The number of amides is 2. The normalized spacial score (nSPS) is 14.9. The third-order valence-electron chi connectivity index (χ3n) is 1.92. The van der Waals surface area contributed by atoms with Crippen molar-refractivity contribution in [2.45, 2.75) is 12.8 Å². The summed E-state index contributed by atoms with van der Waals surface area (Å²) in [4.78, 5) is 38.0. The van der Waals surface area contributed by atoms with Crippen molar-refractivity contribution in [2.24, 2.45) is 0 Å². The van der Waals surface area contributed by atoms with E-state index < -0.39 is 18.0 Å². The predicted octanol–water partition coefficient (Wildman–Crippen LogP) is 1.52. The lowest BCUT2D eigenvalue weighted by molar-refractivity contribution is -0.176. The van der Waals surface area contributed by atoms with E-state index in [9.17, 15) is 14.4 Å². The molecule has 108 valence electrons. The Bertz CT molecular complexity index is 329. The highest BCUT2D eigenvalue weighted by molar-refractivity contribution is 14.1. The number of carbonyl (C=O) groups excluding carboxylic acids is 3. The summed E-state index contributed by atoms with van der Waals surface area (Å²) in [5.74, 6) is 0.536. The zero-order valence-electron chi connectivity index (χ0n) is 9.93. The number of imide groups is 1. The van der Waals surface area contributed by atoms with E-state index in [1.165, 1.54) is 0 Å². The van der Waals surface area contributed by atoms with E-state index in [4.69, 9.17) is 4.74 Å². The molecule has 2 amide bonds. The lowest BCUT2D eigenvalue weighted by atomic mass is 10.4. The van der Waals surface area contributed by atoms with Crippen LogP contribution in [0.2, 0.25) is 0 Å². The quantitative estimate of drug-likeness (QED) is 0.158. The van der Waals surface area contributed by atoms with Crippen LogP contribution in [0, 0.1) is 0 Å². The minimum Gasteiger partial charge on any atom is -0.432 e. The van der Waals surface area contributed by atoms with Crippen molar-refractivity contribution in [1.82, 2.24) is 8.59 Å². The van der Waals surface area contributed by atoms with Crippen molar-refractivity contribution in [2.75, 3.05) is 24.7 Å². The van der Waals surface area contributed by atoms with Crippen molar-refractivity contribution >= 4 is 62.4 Å². The van der Waals surface area contributed by atoms with Gasteiger partial charge in [-0.25, -0.2) is 4.79 Å². The Kier molecular flexibility index (Phi) is 8.57. The molecule has 1 heterocycles. The Morgan fingerprint density at radius 2 is 1.89 bits per heavy atom. The second-order valence-electron chi connectivity index (χ2n) is 3.30. The molecular weight excluding hydrogens is 407 g/mol. The van der Waals surface area contributed by atoms with Crippen LogP contribution in [0.15, 0.2) is 0 Å². The molecule has 19 heavy (non-hydrogen) atoms. The Morgan fingerprint density at radius 1 is 1.26 bits per heavy atom. The van der Waals surface area contributed by atoms with Crippen LogP contribution < -0.4 is 3.53 Å². The summed E-state index contributed by atoms with van der Waals surface area (Å²) >= 11 is 2.07. The second kappa shape index (κ2) is 9.66. The van der Waals surface area contributed by atoms with Crippen LogP contribution in [-0.4, -0.2) is 47.7 Å². The molecule has 1 fully saturated rings. The predicted molar refractivity (Wildman–Crippen MR) is 80.5 cm³/mol. The summed E-state index contributed by atoms with van der Waals surface area (Å²) in [6, 6.07) is 0. The number of hydrogen-bond acceptors (Lipinski definition) is 8. The first kappa shape index (κ1) is 16.9. The monoisotopic (exact) mass is 420 g/mol. The lowest BCUT2D eigenvalue weighted by Crippen LogP contribution is -2.32. The molecule has 10 heteroatoms. The van der Waals surface area contributed by atoms with Gasteiger partial charge in [0.2, 0.25) is 0 Å². The van der Waals surface area contributed by atoms with Crippen LogP contribution >= 0.6 is 44.5 Å². The highest BCUT2D eigenvalue weighted by Crippen LogP contribution is 2.20. The van der Waals surface area contributed by atoms with Gasteiger partial charge in [-0.05, 0) is 0 Å². The van der Waals surface area contributed by atoms with Crippen LogP contribution in [0.4, 0.5) is 4.79 Å². The number of nitrogens with zero attached hydrogens (tertiary/aromatic N) is 1. The fourth-order valence-corrected chi connectivity index (χ4v) is 3.49. The fourth-order valence-electron chi connectivity index (χ4n) is 1.12. The van der Waals surface area contributed by atoms with Crippen LogP contribution in [0.3, 0.4) is 0 Å². The van der Waals surface area contributed by atoms with Gasteiger partial charge in [0.15, 0.2) is 0 Å². The lowest BCUT2D eigenvalue weighted by Gasteiger charge is -2.12. The van der Waals surface area contributed by atoms with Gasteiger partial charge < -0.3 is 4.74 Å². The van der Waals surface area contributed by atoms with Gasteiger partial charge in [0.05, 0.1) is 0 Å². The highest BCUT2D eigenvalue weighted by Gasteiger charge is 2.33. The van der Waals surface area contributed by atoms with E-state index in [0.717, 1.165) is 12.3 Å². The van der Waals surface area contributed by atoms with Gasteiger partial charge in [-0.1, -0.05) is 26.7 Å². The number of nitrogens with one attached hydrogen (secondary N) is 1. The minimum atomic E-state index is -1.02. The highest BCUT2D eigenvalue weighted by atomic mass is 127. The largest absolute Gasteiger partial charge is 0.533 e. The zero-order valence-corrected chi connectivity index (χ0v) is 13.7. The number of halogens is 1. The van der Waals surface area contributed by atoms with Gasteiger partial charge in [-0.15, -0.1) is 0 Å². The van der Waals surface area contributed by atoms with E-state index in [0.29, 0.717) is 10.8 Å². The van der Waals surface area contributed by atoms with Crippen molar-refractivity contribution in [1.29, 1.82) is 0 Å². The molecule has 0 atom stereocenters. The van der Waals surface area contributed by atoms with Crippen LogP contribution in [0.25, 0.3) is 0 Å². The van der Waals surface area contributed by atoms with Crippen LogP contribution in [0.5, 0.6) is 0 Å². The van der Waals surface area contributed by atoms with E-state index >= 15 is 0 Å². The van der Waals surface area contributed by atoms with Gasteiger partial charge in [0, 0.05) is 53.8 Å². The standard InChI is InChI=1S/C9H13IN2O5S2/c10-11-3-5-18-19-6-4-16-9(15)17-12-7(13)1-2-8(12)14/h11H,1-6H2. The molecule has 0 spiro atoms. The van der Waals surface area contributed by atoms with Crippen molar-refractivity contribution in [3.63, 3.8) is 0 Å². The topological polar surface area (TPSA) is 84.9 Å². The van der Waals surface area contributed by atoms with E-state index in [1.807, 2.05) is 0 Å². The number of hydroxylamine groups is 2. The SMILES string of the molecule is O=C(OCCSSCCNI)ON1C(=O)CCC1=O. The fraction of sp³-hybridized carbons (Fsp3) is 0.667. The molecule has 7 nitrogen and oxygen atoms in total. The van der Waals surface area contributed by atoms with E-state index in [2.05, 4.69) is 31.2 Å². The summed E-state index contributed by atoms with van der Waals surface area (Å²) in [5, 5.41) is 0.469. The minimum absolute atomic E-state index is 0.0729. The Balaban J connectivity index is 2.05. The first-order chi connectivity index (χ1) is 9.15. The molecular formula is C9H13IN2O5S2. The first-order valence-electron chi connectivity index (χ1n) is 5.43. The van der Waals surface area contributed by atoms with E-state index in [-0.39, 0.29) is 19.4 Å². The molecule has 1 N–H and O–H groups in total. The molecule has 1 saturated heterocycles. The smallest absolute Gasteiger partial charge is 0.432 e. The second-order valence-corrected chi connectivity index (χ2v) is 6.76. The van der Waals surface area contributed by atoms with Crippen molar-refractivity contribution in [3.8, 4) is 0 Å². The molecule has 0 aliphatic carbocycles. The average Bonchev–Trinajstić information content (AvgIpc) is 2.69. The molecule has 0 aromatic heterocycles. The number of rotatable bonds is 8. The number of hydrogen-bond donors (Lipinski definition) is 1. The Morgan fingerprint density at radius 3 is 2.53 bits per heavy atom. The van der Waals surface area contributed by atoms with Crippen LogP contribution in [-0.2, 0) is 19.2 Å². The van der Waals surface area contributed by atoms with Gasteiger partial charge in [-0.2, -0.15) is 0 Å². The van der Waals surface area contributed by atoms with Crippen LogP contribution in [0.1, 0.15) is 12.8 Å². The molecule has 1 aliphatic rings. The molecule has 1 rings (SSSR count). The van der Waals surface area contributed by atoms with E-state index in [1.54, 1.807) is 21.6 Å². The van der Waals surface area contributed by atoms with Crippen molar-refractivity contribution < 1.29 is 24.0 Å². The maximum absolute atomic E-state index is 11.2. The molecule has 0 unspecified atom stereocenters. The molecule has 0 bridgehead atoms. The summed E-state index contributed by atoms with van der Waals surface area (Å²) in [6.07, 6.45) is -0.879. The molecule has 0 aromatic rings. The van der Waals surface area contributed by atoms with Gasteiger partial charge in [0.25, 0.3) is 11.8 Å². The van der Waals surface area contributed by atoms with Crippen molar-refractivity contribution in [3.05, 3.63) is 0 Å². The molecule has 0 aromatic carbocycles. The summed E-state index contributed by atoms with van der Waals surface area (Å²) < 4.78 is 7.74. The number of ether oxygens (including phenoxy) is 1. The van der Waals surface area contributed by atoms with Gasteiger partial charge in [-0.3, -0.25) is 18.0 Å². The maximum atomic E-state index is 11.2. The average molecular weight is 420 g/mol. The number of carbonyl (C=O) groups is 3. The molecule has 0 radical (unpaired) electrons. The molecule has 1 aliphatic heterocycles. The Labute approximate surface area is 132 Å². The summed E-state index contributed by atoms with van der Waals surface area (Å²) in [7, 11) is 3.23. The summed E-state index contributed by atoms with van der Waals surface area (Å²) in [6.45, 7) is 1.07. The Hall–Kier alpha value is -0.200. The molecule has 0 saturated carbocycles. The zero-order chi connectivity index (χ0) is 14.1. The summed E-state index contributed by atoms with van der Waals surface area (Å²) in [5.41, 5.74) is 0.